The molecular formula is C13H10BrClN2O. The van der Waals surface area contributed by atoms with Crippen molar-refractivity contribution in [1.29, 1.82) is 0 Å². The summed E-state index contributed by atoms with van der Waals surface area (Å²) in [5, 5.41) is 3.24. The molecule has 1 aromatic heterocycles. The van der Waals surface area contributed by atoms with Crippen LogP contribution in [0.15, 0.2) is 40.9 Å². The summed E-state index contributed by atoms with van der Waals surface area (Å²) < 4.78 is 0.692. The van der Waals surface area contributed by atoms with E-state index in [0.717, 1.165) is 5.69 Å². The van der Waals surface area contributed by atoms with Gasteiger partial charge in [0.2, 0.25) is 0 Å². The molecule has 1 heterocycles. The molecule has 1 aromatic carbocycles. The lowest BCUT2D eigenvalue weighted by atomic mass is 10.2. The van der Waals surface area contributed by atoms with Gasteiger partial charge in [-0.2, -0.15) is 0 Å². The highest BCUT2D eigenvalue weighted by Crippen LogP contribution is 2.22. The van der Waals surface area contributed by atoms with E-state index in [9.17, 15) is 4.79 Å². The van der Waals surface area contributed by atoms with Gasteiger partial charge in [0.1, 0.15) is 5.82 Å². The number of pyridine rings is 1. The maximum atomic E-state index is 12.1. The first kappa shape index (κ1) is 13.1. The van der Waals surface area contributed by atoms with Crippen LogP contribution in [-0.2, 0) is 0 Å². The van der Waals surface area contributed by atoms with Crippen molar-refractivity contribution in [3.8, 4) is 0 Å². The molecule has 0 spiro atoms. The molecule has 0 saturated heterocycles. The minimum atomic E-state index is -0.248. The summed E-state index contributed by atoms with van der Waals surface area (Å²) in [6.07, 6.45) is 0. The number of nitrogens with one attached hydrogen (secondary N) is 1. The first-order valence-electron chi connectivity index (χ1n) is 5.26. The van der Waals surface area contributed by atoms with E-state index in [2.05, 4.69) is 26.2 Å². The third kappa shape index (κ3) is 3.09. The van der Waals surface area contributed by atoms with Gasteiger partial charge in [-0.15, -0.1) is 0 Å². The predicted octanol–water partition coefficient (Wildman–Crippen LogP) is 4.06. The molecule has 1 N–H and O–H groups in total. The molecule has 0 atom stereocenters. The van der Waals surface area contributed by atoms with Gasteiger partial charge < -0.3 is 5.32 Å². The lowest BCUT2D eigenvalue weighted by Gasteiger charge is -2.07. The van der Waals surface area contributed by atoms with Crippen LogP contribution in [-0.4, -0.2) is 10.9 Å². The van der Waals surface area contributed by atoms with Crippen LogP contribution in [0.2, 0.25) is 5.02 Å². The van der Waals surface area contributed by atoms with Gasteiger partial charge in [0, 0.05) is 15.2 Å². The quantitative estimate of drug-likeness (QED) is 0.905. The number of aryl methyl sites for hydroxylation is 1. The molecule has 2 rings (SSSR count). The van der Waals surface area contributed by atoms with E-state index in [4.69, 9.17) is 11.6 Å². The lowest BCUT2D eigenvalue weighted by molar-refractivity contribution is 0.102. The van der Waals surface area contributed by atoms with Gasteiger partial charge >= 0.3 is 0 Å². The minimum absolute atomic E-state index is 0.248. The van der Waals surface area contributed by atoms with Gasteiger partial charge in [-0.05, 0) is 53.2 Å². The monoisotopic (exact) mass is 324 g/mol. The molecule has 0 bridgehead atoms. The number of amides is 1. The number of carbonyl (C=O) groups is 1. The van der Waals surface area contributed by atoms with Crippen LogP contribution in [0.3, 0.4) is 0 Å². The van der Waals surface area contributed by atoms with Crippen LogP contribution in [0.5, 0.6) is 0 Å². The van der Waals surface area contributed by atoms with Crippen molar-refractivity contribution in [3.63, 3.8) is 0 Å². The summed E-state index contributed by atoms with van der Waals surface area (Å²) in [4.78, 5) is 16.3. The molecule has 1 amide bonds. The molecule has 5 heteroatoms. The van der Waals surface area contributed by atoms with Gasteiger partial charge in [0.15, 0.2) is 0 Å². The van der Waals surface area contributed by atoms with E-state index in [1.54, 1.807) is 24.3 Å². The topological polar surface area (TPSA) is 42.0 Å². The van der Waals surface area contributed by atoms with Gasteiger partial charge in [-0.1, -0.05) is 17.7 Å². The number of benzene rings is 1. The summed E-state index contributed by atoms with van der Waals surface area (Å²) in [6.45, 7) is 1.87. The number of carbonyl (C=O) groups excluding carboxylic acids is 1. The normalized spacial score (nSPS) is 10.2. The Kier molecular flexibility index (Phi) is 3.99. The standard InChI is InChI=1S/C13H10BrClN2O/c1-8-3-2-4-12(16-8)17-13(18)10-7-9(15)5-6-11(10)14/h2-7H,1H3,(H,16,17,18). The van der Waals surface area contributed by atoms with E-state index in [-0.39, 0.29) is 5.91 Å². The first-order chi connectivity index (χ1) is 8.56. The summed E-state index contributed by atoms with van der Waals surface area (Å²) in [5.41, 5.74) is 1.32. The second kappa shape index (κ2) is 5.50. The Balaban J connectivity index is 2.24. The van der Waals surface area contributed by atoms with Crippen LogP contribution < -0.4 is 5.32 Å². The van der Waals surface area contributed by atoms with Gasteiger partial charge in [-0.3, -0.25) is 4.79 Å². The average Bonchev–Trinajstić information content (AvgIpc) is 2.32. The molecule has 0 aliphatic rings. The van der Waals surface area contributed by atoms with Crippen LogP contribution in [0.1, 0.15) is 16.1 Å². The molecule has 0 aliphatic carbocycles. The van der Waals surface area contributed by atoms with E-state index in [1.807, 2.05) is 19.1 Å². The Hall–Kier alpha value is -1.39. The summed E-state index contributed by atoms with van der Waals surface area (Å²) in [7, 11) is 0. The van der Waals surface area contributed by atoms with Crippen molar-refractivity contribution in [1.82, 2.24) is 4.98 Å². The van der Waals surface area contributed by atoms with E-state index >= 15 is 0 Å². The van der Waals surface area contributed by atoms with Crippen LogP contribution in [0.25, 0.3) is 0 Å². The highest BCUT2D eigenvalue weighted by molar-refractivity contribution is 9.10. The molecule has 2 aromatic rings. The molecule has 92 valence electrons. The summed E-state index contributed by atoms with van der Waals surface area (Å²) >= 11 is 9.19. The zero-order valence-electron chi connectivity index (χ0n) is 9.58. The molecule has 0 aliphatic heterocycles. The largest absolute Gasteiger partial charge is 0.307 e. The fourth-order valence-corrected chi connectivity index (χ4v) is 2.07. The second-order valence-electron chi connectivity index (χ2n) is 3.74. The highest BCUT2D eigenvalue weighted by atomic mass is 79.9. The number of rotatable bonds is 2. The molecule has 18 heavy (non-hydrogen) atoms. The Morgan fingerprint density at radius 3 is 2.83 bits per heavy atom. The number of hydrogen-bond acceptors (Lipinski definition) is 2. The van der Waals surface area contributed by atoms with Crippen LogP contribution in [0, 0.1) is 6.92 Å². The molecule has 0 radical (unpaired) electrons. The third-order valence-corrected chi connectivity index (χ3v) is 3.23. The zero-order chi connectivity index (χ0) is 13.1. The van der Waals surface area contributed by atoms with Crippen molar-refractivity contribution in [3.05, 3.63) is 57.2 Å². The smallest absolute Gasteiger partial charge is 0.258 e. The summed E-state index contributed by atoms with van der Waals surface area (Å²) in [5.74, 6) is 0.273. The highest BCUT2D eigenvalue weighted by Gasteiger charge is 2.11. The van der Waals surface area contributed by atoms with Crippen molar-refractivity contribution in [2.45, 2.75) is 6.92 Å². The zero-order valence-corrected chi connectivity index (χ0v) is 11.9. The maximum Gasteiger partial charge on any atom is 0.258 e. The SMILES string of the molecule is Cc1cccc(NC(=O)c2cc(Cl)ccc2Br)n1. The third-order valence-electron chi connectivity index (χ3n) is 2.30. The van der Waals surface area contributed by atoms with Gasteiger partial charge in [0.05, 0.1) is 5.56 Å². The fourth-order valence-electron chi connectivity index (χ4n) is 1.47. The lowest BCUT2D eigenvalue weighted by Crippen LogP contribution is -2.13. The van der Waals surface area contributed by atoms with E-state index in [0.29, 0.717) is 20.9 Å². The Morgan fingerprint density at radius 1 is 1.33 bits per heavy atom. The van der Waals surface area contributed by atoms with Crippen molar-refractivity contribution < 1.29 is 4.79 Å². The number of hydrogen-bond donors (Lipinski definition) is 1. The van der Waals surface area contributed by atoms with Gasteiger partial charge in [0.25, 0.3) is 5.91 Å². The fraction of sp³-hybridized carbons (Fsp3) is 0.0769. The summed E-state index contributed by atoms with van der Waals surface area (Å²) in [6, 6.07) is 10.5. The van der Waals surface area contributed by atoms with Crippen molar-refractivity contribution >= 4 is 39.3 Å². The Morgan fingerprint density at radius 2 is 2.11 bits per heavy atom. The van der Waals surface area contributed by atoms with E-state index in [1.165, 1.54) is 0 Å². The molecule has 0 saturated carbocycles. The first-order valence-corrected chi connectivity index (χ1v) is 6.43. The maximum absolute atomic E-state index is 12.1. The second-order valence-corrected chi connectivity index (χ2v) is 5.03. The number of nitrogens with zero attached hydrogens (tertiary/aromatic N) is 1. The Labute approximate surface area is 118 Å². The minimum Gasteiger partial charge on any atom is -0.307 e. The van der Waals surface area contributed by atoms with E-state index < -0.39 is 0 Å². The average molecular weight is 326 g/mol. The number of halogens is 2. The van der Waals surface area contributed by atoms with Crippen LogP contribution >= 0.6 is 27.5 Å². The number of aromatic nitrogens is 1. The molecule has 0 unspecified atom stereocenters. The molecule has 0 fully saturated rings. The predicted molar refractivity (Wildman–Crippen MR) is 76.1 cm³/mol. The van der Waals surface area contributed by atoms with Crippen LogP contribution in [0.4, 0.5) is 5.82 Å². The Bertz CT molecular complexity index is 601. The number of anilines is 1. The van der Waals surface area contributed by atoms with Gasteiger partial charge in [-0.25, -0.2) is 4.98 Å². The van der Waals surface area contributed by atoms with Crippen molar-refractivity contribution in [2.75, 3.05) is 5.32 Å². The molecule has 3 nitrogen and oxygen atoms in total. The van der Waals surface area contributed by atoms with Crippen molar-refractivity contribution in [2.24, 2.45) is 0 Å². The molecular weight excluding hydrogens is 316 g/mol.